The van der Waals surface area contributed by atoms with Gasteiger partial charge in [0.1, 0.15) is 12.7 Å². The lowest BCUT2D eigenvalue weighted by Crippen LogP contribution is -2.61. The molecule has 0 radical (unpaired) electrons. The average molecular weight is 968 g/mol. The van der Waals surface area contributed by atoms with Crippen molar-refractivity contribution in [2.75, 3.05) is 9.80 Å². The van der Waals surface area contributed by atoms with Crippen LogP contribution in [0.1, 0.15) is 87.2 Å². The number of aromatic nitrogens is 3. The zero-order chi connectivity index (χ0) is 49.7. The van der Waals surface area contributed by atoms with Gasteiger partial charge in [0.2, 0.25) is 0 Å². The number of nitrogens with zero attached hydrogens (tertiary/aromatic N) is 5. The molecule has 2 saturated carbocycles. The van der Waals surface area contributed by atoms with Gasteiger partial charge in [0.25, 0.3) is 6.71 Å². The molecule has 14 rings (SSSR count). The molecule has 9 aromatic carbocycles. The van der Waals surface area contributed by atoms with Gasteiger partial charge in [-0.15, -0.1) is 0 Å². The Morgan fingerprint density at radius 3 is 1.08 bits per heavy atom. The fraction of sp³-hybridized carbons (Fsp3) is 0.174. The van der Waals surface area contributed by atoms with E-state index in [-0.39, 0.29) is 6.71 Å². The summed E-state index contributed by atoms with van der Waals surface area (Å²) in [5.41, 5.74) is 24.2. The van der Waals surface area contributed by atoms with Crippen LogP contribution in [0.4, 0.5) is 34.1 Å². The second-order valence-electron chi connectivity index (χ2n) is 21.3. The molecular formula is C69H58BN5. The van der Waals surface area contributed by atoms with E-state index in [9.17, 15) is 0 Å². The normalized spacial score (nSPS) is 15.3. The molecule has 5 nitrogen and oxygen atoms in total. The Hall–Kier alpha value is -8.35. The Kier molecular flexibility index (Phi) is 11.8. The van der Waals surface area contributed by atoms with Crippen LogP contribution in [0.3, 0.4) is 0 Å². The van der Waals surface area contributed by atoms with E-state index in [1.165, 1.54) is 148 Å². The van der Waals surface area contributed by atoms with Gasteiger partial charge in [0.05, 0.1) is 0 Å². The van der Waals surface area contributed by atoms with Crippen molar-refractivity contribution in [1.82, 2.24) is 15.0 Å². The van der Waals surface area contributed by atoms with Crippen LogP contribution in [0.5, 0.6) is 0 Å². The molecular weight excluding hydrogens is 910 g/mol. The zero-order valence-electron chi connectivity index (χ0n) is 42.3. The van der Waals surface area contributed by atoms with E-state index in [1.54, 1.807) is 12.7 Å². The molecule has 4 aliphatic rings. The van der Waals surface area contributed by atoms with E-state index < -0.39 is 0 Å². The van der Waals surface area contributed by atoms with Gasteiger partial charge in [-0.25, -0.2) is 15.0 Å². The third kappa shape index (κ3) is 8.43. The standard InChI is InChI=1S/C69H58BN5/c1-7-19-47(20-8-1)53-31-33-62-64(41-53)74(60-37-55(49-23-11-3-12-24-49)35-56(38-60)50-25-13-4-14-26-50)66-43-59(69-72-45-71-46-73-69)44-67-68(66)70(62)63-34-32-54(48-21-9-2-10-22-48)42-65(63)75(67)61-39-57(51-27-15-5-16-28-51)36-58(40-61)52-29-17-6-18-30-52/h3-6,11-18,23-48H,1-2,7-10,19-22H2. The highest BCUT2D eigenvalue weighted by atomic mass is 15.2. The third-order valence-electron chi connectivity index (χ3n) is 16.8. The molecule has 0 saturated heterocycles. The van der Waals surface area contributed by atoms with Gasteiger partial charge in [-0.1, -0.05) is 184 Å². The van der Waals surface area contributed by atoms with E-state index in [0.717, 1.165) is 28.3 Å². The summed E-state index contributed by atoms with van der Waals surface area (Å²) in [4.78, 5) is 19.3. The van der Waals surface area contributed by atoms with Crippen LogP contribution in [-0.4, -0.2) is 21.7 Å². The number of hydrogen-bond acceptors (Lipinski definition) is 5. The molecule has 6 heteroatoms. The molecule has 0 amide bonds. The molecule has 0 atom stereocenters. The van der Waals surface area contributed by atoms with E-state index in [4.69, 9.17) is 9.97 Å². The minimum atomic E-state index is -0.0440. The van der Waals surface area contributed by atoms with Gasteiger partial charge < -0.3 is 9.80 Å². The highest BCUT2D eigenvalue weighted by molar-refractivity contribution is 7.00. The van der Waals surface area contributed by atoms with Crippen LogP contribution in [0, 0.1) is 0 Å². The van der Waals surface area contributed by atoms with Crippen molar-refractivity contribution in [3.63, 3.8) is 0 Å². The Bertz CT molecular complexity index is 3350. The van der Waals surface area contributed by atoms with E-state index in [2.05, 4.69) is 221 Å². The van der Waals surface area contributed by atoms with E-state index in [0.29, 0.717) is 17.7 Å². The lowest BCUT2D eigenvalue weighted by molar-refractivity contribution is 0.444. The maximum atomic E-state index is 4.90. The molecule has 75 heavy (non-hydrogen) atoms. The number of rotatable bonds is 9. The van der Waals surface area contributed by atoms with Crippen molar-refractivity contribution in [3.05, 3.63) is 230 Å². The summed E-state index contributed by atoms with van der Waals surface area (Å²) in [5.74, 6) is 1.70. The molecule has 2 fully saturated rings. The van der Waals surface area contributed by atoms with Crippen LogP contribution < -0.4 is 26.2 Å². The topological polar surface area (TPSA) is 45.2 Å². The molecule has 0 spiro atoms. The molecule has 0 N–H and O–H groups in total. The maximum Gasteiger partial charge on any atom is 0.252 e. The zero-order valence-corrected chi connectivity index (χ0v) is 42.3. The first-order valence-corrected chi connectivity index (χ1v) is 27.4. The van der Waals surface area contributed by atoms with Gasteiger partial charge >= 0.3 is 0 Å². The summed E-state index contributed by atoms with van der Waals surface area (Å²) in [6.45, 7) is -0.0440. The van der Waals surface area contributed by atoms with Crippen molar-refractivity contribution >= 4 is 57.2 Å². The Labute approximate surface area is 441 Å². The number of fused-ring (bicyclic) bond motifs is 4. The first kappa shape index (κ1) is 45.3. The van der Waals surface area contributed by atoms with Gasteiger partial charge in [-0.05, 0) is 170 Å². The molecule has 10 aromatic rings. The van der Waals surface area contributed by atoms with Crippen LogP contribution >= 0.6 is 0 Å². The fourth-order valence-corrected chi connectivity index (χ4v) is 13.1. The molecule has 0 unspecified atom stereocenters. The summed E-state index contributed by atoms with van der Waals surface area (Å²) in [6, 6.07) is 77.9. The summed E-state index contributed by atoms with van der Waals surface area (Å²) in [6.07, 6.45) is 15.9. The largest absolute Gasteiger partial charge is 0.311 e. The quantitative estimate of drug-likeness (QED) is 0.135. The maximum absolute atomic E-state index is 4.90. The van der Waals surface area contributed by atoms with Crippen molar-refractivity contribution in [2.45, 2.75) is 76.0 Å². The second-order valence-corrected chi connectivity index (χ2v) is 21.3. The first-order chi connectivity index (χ1) is 37.2. The first-order valence-electron chi connectivity index (χ1n) is 27.4. The summed E-state index contributed by atoms with van der Waals surface area (Å²) in [5, 5.41) is 0. The molecule has 2 aliphatic heterocycles. The molecule has 3 heterocycles. The predicted octanol–water partition coefficient (Wildman–Crippen LogP) is 16.4. The molecule has 362 valence electrons. The summed E-state index contributed by atoms with van der Waals surface area (Å²) < 4.78 is 0. The van der Waals surface area contributed by atoms with E-state index in [1.807, 2.05) is 0 Å². The highest BCUT2D eigenvalue weighted by Crippen LogP contribution is 2.50. The second kappa shape index (κ2) is 19.5. The fourth-order valence-electron chi connectivity index (χ4n) is 13.1. The highest BCUT2D eigenvalue weighted by Gasteiger charge is 2.44. The minimum absolute atomic E-state index is 0.0440. The van der Waals surface area contributed by atoms with Crippen molar-refractivity contribution in [1.29, 1.82) is 0 Å². The summed E-state index contributed by atoms with van der Waals surface area (Å²) >= 11 is 0. The molecule has 0 bridgehead atoms. The van der Waals surface area contributed by atoms with Gasteiger partial charge in [0.15, 0.2) is 5.82 Å². The third-order valence-corrected chi connectivity index (χ3v) is 16.8. The van der Waals surface area contributed by atoms with Gasteiger partial charge in [-0.2, -0.15) is 0 Å². The summed E-state index contributed by atoms with van der Waals surface area (Å²) in [7, 11) is 0. The monoisotopic (exact) mass is 967 g/mol. The smallest absolute Gasteiger partial charge is 0.252 e. The number of benzene rings is 9. The minimum Gasteiger partial charge on any atom is -0.311 e. The Balaban J connectivity index is 1.09. The molecule has 2 aliphatic carbocycles. The number of hydrogen-bond donors (Lipinski definition) is 0. The van der Waals surface area contributed by atoms with Crippen LogP contribution in [0.2, 0.25) is 0 Å². The van der Waals surface area contributed by atoms with Crippen molar-refractivity contribution < 1.29 is 0 Å². The van der Waals surface area contributed by atoms with Gasteiger partial charge in [0, 0.05) is 39.7 Å². The molecule has 1 aromatic heterocycles. The van der Waals surface area contributed by atoms with Crippen molar-refractivity contribution in [3.8, 4) is 55.9 Å². The van der Waals surface area contributed by atoms with Gasteiger partial charge in [-0.3, -0.25) is 0 Å². The Morgan fingerprint density at radius 2 is 0.707 bits per heavy atom. The van der Waals surface area contributed by atoms with Crippen LogP contribution in [0.15, 0.2) is 219 Å². The lowest BCUT2D eigenvalue weighted by atomic mass is 9.33. The Morgan fingerprint density at radius 1 is 0.333 bits per heavy atom. The number of anilines is 6. The predicted molar refractivity (Wildman–Crippen MR) is 313 cm³/mol. The lowest BCUT2D eigenvalue weighted by Gasteiger charge is -2.45. The SMILES string of the molecule is c1ccc(-c2cc(-c3ccccc3)cc(N3c4cc(C5CCCCC5)ccc4B4c5ccc(C6CCCCC6)cc5N(c5cc(-c6ccccc6)cc(-c6ccccc6)c5)c5cc(-c6ncncn6)cc3c54)c2)cc1. The van der Waals surface area contributed by atoms with Crippen LogP contribution in [0.25, 0.3) is 55.9 Å². The van der Waals surface area contributed by atoms with E-state index >= 15 is 0 Å². The van der Waals surface area contributed by atoms with Crippen molar-refractivity contribution in [2.24, 2.45) is 0 Å². The van der Waals surface area contributed by atoms with Crippen LogP contribution in [-0.2, 0) is 0 Å². The average Bonchev–Trinajstić information content (AvgIpc) is 3.50.